The lowest BCUT2D eigenvalue weighted by atomic mass is 9.49. The van der Waals surface area contributed by atoms with Crippen molar-refractivity contribution in [2.45, 2.75) is 58.4 Å². The molecule has 4 bridgehead atoms. The minimum Gasteiger partial charge on any atom is -0.493 e. The van der Waals surface area contributed by atoms with Crippen LogP contribution >= 0.6 is 0 Å². The Balaban J connectivity index is 1.50. The average molecular weight is 445 g/mol. The number of amides is 2. The maximum Gasteiger partial charge on any atom is 0.247 e. The van der Waals surface area contributed by atoms with Crippen molar-refractivity contribution in [3.05, 3.63) is 12.1 Å². The summed E-state index contributed by atoms with van der Waals surface area (Å²) < 4.78 is 16.1. The highest BCUT2D eigenvalue weighted by molar-refractivity contribution is 5.98. The second kappa shape index (κ2) is 8.83. The number of carbonyl (C=O) groups excluding carboxylic acids is 2. The van der Waals surface area contributed by atoms with Crippen LogP contribution in [0.2, 0.25) is 0 Å². The van der Waals surface area contributed by atoms with Crippen LogP contribution in [0.25, 0.3) is 0 Å². The SMILES string of the molecule is COc1cc(NC(=O)[C@@H](NC(=O)C23CC4CC(CC(C4)C2)C3)C(C)C)cc(OC)c1OC. The minimum atomic E-state index is -0.616. The summed E-state index contributed by atoms with van der Waals surface area (Å²) in [5.74, 6) is 3.19. The number of ether oxygens (including phenoxy) is 3. The first-order valence-corrected chi connectivity index (χ1v) is 11.7. The third kappa shape index (κ3) is 4.14. The molecule has 7 nitrogen and oxygen atoms in total. The van der Waals surface area contributed by atoms with E-state index in [1.807, 2.05) is 13.8 Å². The summed E-state index contributed by atoms with van der Waals surface area (Å²) in [5.41, 5.74) is 0.244. The first-order chi connectivity index (χ1) is 15.3. The van der Waals surface area contributed by atoms with Gasteiger partial charge in [0.05, 0.1) is 21.3 Å². The zero-order valence-corrected chi connectivity index (χ0v) is 19.8. The topological polar surface area (TPSA) is 85.9 Å². The van der Waals surface area contributed by atoms with Crippen molar-refractivity contribution in [3.63, 3.8) is 0 Å². The molecule has 176 valence electrons. The zero-order chi connectivity index (χ0) is 23.0. The Labute approximate surface area is 190 Å². The van der Waals surface area contributed by atoms with Crippen molar-refractivity contribution in [1.29, 1.82) is 0 Å². The molecule has 5 rings (SSSR count). The van der Waals surface area contributed by atoms with E-state index in [9.17, 15) is 9.59 Å². The summed E-state index contributed by atoms with van der Waals surface area (Å²) in [4.78, 5) is 26.7. The fraction of sp³-hybridized carbons (Fsp3) is 0.680. The van der Waals surface area contributed by atoms with E-state index < -0.39 is 6.04 Å². The Morgan fingerprint density at radius 1 is 0.906 bits per heavy atom. The molecule has 0 aliphatic heterocycles. The van der Waals surface area contributed by atoms with Crippen LogP contribution in [0, 0.1) is 29.1 Å². The molecule has 1 aromatic rings. The molecular weight excluding hydrogens is 408 g/mol. The summed E-state index contributed by atoms with van der Waals surface area (Å²) >= 11 is 0. The molecule has 32 heavy (non-hydrogen) atoms. The number of carbonyl (C=O) groups is 2. The van der Waals surface area contributed by atoms with Gasteiger partial charge in [0.2, 0.25) is 17.6 Å². The standard InChI is InChI=1S/C25H36N2O5/c1-14(2)21(23(28)26-18-9-19(30-3)22(32-5)20(10-18)31-4)27-24(29)25-11-15-6-16(12-25)8-17(7-15)13-25/h9-10,14-17,21H,6-8,11-13H2,1-5H3,(H,26,28)(H,27,29)/t15?,16?,17?,21-,25?/m0/s1. The van der Waals surface area contributed by atoms with Gasteiger partial charge in [-0.05, 0) is 62.2 Å². The van der Waals surface area contributed by atoms with E-state index in [2.05, 4.69) is 10.6 Å². The largest absolute Gasteiger partial charge is 0.493 e. The van der Waals surface area contributed by atoms with E-state index in [4.69, 9.17) is 14.2 Å². The summed E-state index contributed by atoms with van der Waals surface area (Å²) in [6.07, 6.45) is 6.77. The highest BCUT2D eigenvalue weighted by Crippen LogP contribution is 2.60. The molecule has 0 saturated heterocycles. The van der Waals surface area contributed by atoms with Crippen LogP contribution in [-0.4, -0.2) is 39.2 Å². The number of hydrogen-bond donors (Lipinski definition) is 2. The van der Waals surface area contributed by atoms with Crippen molar-refractivity contribution in [2.24, 2.45) is 29.1 Å². The monoisotopic (exact) mass is 444 g/mol. The Kier molecular flexibility index (Phi) is 6.28. The molecule has 0 unspecified atom stereocenters. The number of benzene rings is 1. The van der Waals surface area contributed by atoms with Crippen molar-refractivity contribution >= 4 is 17.5 Å². The summed E-state index contributed by atoms with van der Waals surface area (Å²) in [7, 11) is 4.60. The van der Waals surface area contributed by atoms with Gasteiger partial charge in [0.1, 0.15) is 6.04 Å². The van der Waals surface area contributed by atoms with Crippen LogP contribution in [0.4, 0.5) is 5.69 Å². The lowest BCUT2D eigenvalue weighted by Gasteiger charge is -2.55. The molecule has 0 radical (unpaired) electrons. The Morgan fingerprint density at radius 2 is 1.41 bits per heavy atom. The van der Waals surface area contributed by atoms with Gasteiger partial charge in [-0.3, -0.25) is 9.59 Å². The highest BCUT2D eigenvalue weighted by Gasteiger charge is 2.55. The average Bonchev–Trinajstić information content (AvgIpc) is 2.75. The normalized spacial score (nSPS) is 28.9. The van der Waals surface area contributed by atoms with Crippen LogP contribution < -0.4 is 24.8 Å². The molecule has 0 heterocycles. The lowest BCUT2D eigenvalue weighted by molar-refractivity contribution is -0.148. The molecule has 7 heteroatoms. The molecule has 0 aromatic heterocycles. The van der Waals surface area contributed by atoms with Crippen molar-refractivity contribution in [2.75, 3.05) is 26.6 Å². The Bertz CT molecular complexity index is 821. The molecule has 2 amide bonds. The third-order valence-electron chi connectivity index (χ3n) is 7.69. The summed E-state index contributed by atoms with van der Waals surface area (Å²) in [6.45, 7) is 3.92. The predicted octanol–water partition coefficient (Wildman–Crippen LogP) is 4.01. The van der Waals surface area contributed by atoms with Gasteiger partial charge in [-0.2, -0.15) is 0 Å². The van der Waals surface area contributed by atoms with E-state index in [0.29, 0.717) is 40.7 Å². The molecule has 4 fully saturated rings. The van der Waals surface area contributed by atoms with Gasteiger partial charge in [-0.15, -0.1) is 0 Å². The van der Waals surface area contributed by atoms with Gasteiger partial charge in [0.25, 0.3) is 0 Å². The molecular formula is C25H36N2O5. The minimum absolute atomic E-state index is 0.0464. The predicted molar refractivity (Wildman–Crippen MR) is 122 cm³/mol. The fourth-order valence-corrected chi connectivity index (χ4v) is 6.59. The first kappa shape index (κ1) is 22.7. The van der Waals surface area contributed by atoms with E-state index in [1.54, 1.807) is 12.1 Å². The van der Waals surface area contributed by atoms with Gasteiger partial charge in [0.15, 0.2) is 11.5 Å². The highest BCUT2D eigenvalue weighted by atomic mass is 16.5. The fourth-order valence-electron chi connectivity index (χ4n) is 6.59. The lowest BCUT2D eigenvalue weighted by Crippen LogP contribution is -2.57. The quantitative estimate of drug-likeness (QED) is 0.633. The van der Waals surface area contributed by atoms with Crippen molar-refractivity contribution in [1.82, 2.24) is 5.32 Å². The van der Waals surface area contributed by atoms with Crippen LogP contribution in [-0.2, 0) is 9.59 Å². The van der Waals surface area contributed by atoms with Gasteiger partial charge < -0.3 is 24.8 Å². The van der Waals surface area contributed by atoms with Crippen LogP contribution in [0.3, 0.4) is 0 Å². The van der Waals surface area contributed by atoms with Crippen molar-refractivity contribution < 1.29 is 23.8 Å². The zero-order valence-electron chi connectivity index (χ0n) is 19.8. The van der Waals surface area contributed by atoms with E-state index in [-0.39, 0.29) is 23.1 Å². The molecule has 1 atom stereocenters. The van der Waals surface area contributed by atoms with Crippen molar-refractivity contribution in [3.8, 4) is 17.2 Å². The first-order valence-electron chi connectivity index (χ1n) is 11.7. The summed E-state index contributed by atoms with van der Waals surface area (Å²) in [5, 5.41) is 6.07. The maximum absolute atomic E-state index is 13.5. The molecule has 2 N–H and O–H groups in total. The van der Waals surface area contributed by atoms with Gasteiger partial charge in [-0.1, -0.05) is 13.8 Å². The third-order valence-corrected chi connectivity index (χ3v) is 7.69. The number of rotatable bonds is 8. The van der Waals surface area contributed by atoms with E-state index in [0.717, 1.165) is 19.3 Å². The Morgan fingerprint density at radius 3 is 1.81 bits per heavy atom. The molecule has 4 aliphatic rings. The molecule has 0 spiro atoms. The molecule has 1 aromatic carbocycles. The Hall–Kier alpha value is -2.44. The molecule has 4 saturated carbocycles. The second-order valence-electron chi connectivity index (χ2n) is 10.3. The van der Waals surface area contributed by atoms with Gasteiger partial charge in [0, 0.05) is 23.2 Å². The number of anilines is 1. The number of hydrogen-bond acceptors (Lipinski definition) is 5. The number of methoxy groups -OCH3 is 3. The van der Waals surface area contributed by atoms with E-state index in [1.165, 1.54) is 40.6 Å². The maximum atomic E-state index is 13.5. The second-order valence-corrected chi connectivity index (χ2v) is 10.3. The van der Waals surface area contributed by atoms with E-state index >= 15 is 0 Å². The molecule has 4 aliphatic carbocycles. The van der Waals surface area contributed by atoms with Crippen LogP contribution in [0.5, 0.6) is 17.2 Å². The smallest absolute Gasteiger partial charge is 0.247 e. The van der Waals surface area contributed by atoms with Crippen LogP contribution in [0.1, 0.15) is 52.4 Å². The van der Waals surface area contributed by atoms with Gasteiger partial charge in [-0.25, -0.2) is 0 Å². The number of nitrogens with one attached hydrogen (secondary N) is 2. The van der Waals surface area contributed by atoms with Gasteiger partial charge >= 0.3 is 0 Å². The summed E-state index contributed by atoms with van der Waals surface area (Å²) in [6, 6.07) is 2.77. The van der Waals surface area contributed by atoms with Crippen LogP contribution in [0.15, 0.2) is 12.1 Å².